The molecule has 1 aliphatic rings. The van der Waals surface area contributed by atoms with Crippen LogP contribution in [0.25, 0.3) is 0 Å². The molecule has 2 heterocycles. The molecule has 0 radical (unpaired) electrons. The van der Waals surface area contributed by atoms with Crippen LogP contribution in [0.2, 0.25) is 0 Å². The molecule has 0 aliphatic carbocycles. The topological polar surface area (TPSA) is 37.3 Å². The van der Waals surface area contributed by atoms with Gasteiger partial charge in [-0.25, -0.2) is 13.6 Å². The van der Waals surface area contributed by atoms with Crippen LogP contribution >= 0.6 is 0 Å². The van der Waals surface area contributed by atoms with E-state index in [1.807, 2.05) is 30.5 Å². The zero-order valence-corrected chi connectivity index (χ0v) is 17.3. The highest BCUT2D eigenvalue weighted by atomic mass is 19.1. The molecule has 6 heteroatoms. The normalized spacial score (nSPS) is 16.3. The molecule has 3 aromatic rings. The lowest BCUT2D eigenvalue weighted by Crippen LogP contribution is -2.44. The number of hydrogen-bond donors (Lipinski definition) is 1. The summed E-state index contributed by atoms with van der Waals surface area (Å²) < 4.78 is 29.4. The molecule has 1 atom stereocenters. The van der Waals surface area contributed by atoms with Crippen molar-refractivity contribution in [1.82, 2.24) is 9.47 Å². The second-order valence-corrected chi connectivity index (χ2v) is 8.65. The molecule has 1 N–H and O–H groups in total. The quantitative estimate of drug-likeness (QED) is 0.579. The maximum Gasteiger partial charge on any atom is 0.322 e. The Morgan fingerprint density at radius 2 is 1.77 bits per heavy atom. The Kier molecular flexibility index (Phi) is 5.10. The number of urea groups is 1. The smallest absolute Gasteiger partial charge is 0.322 e. The van der Waals surface area contributed by atoms with E-state index in [2.05, 4.69) is 42.8 Å². The first-order chi connectivity index (χ1) is 14.2. The fourth-order valence-electron chi connectivity index (χ4n) is 3.90. The molecule has 0 spiro atoms. The van der Waals surface area contributed by atoms with Crippen LogP contribution in [0.4, 0.5) is 19.3 Å². The highest BCUT2D eigenvalue weighted by Gasteiger charge is 2.32. The van der Waals surface area contributed by atoms with Gasteiger partial charge in [0.2, 0.25) is 0 Å². The lowest BCUT2D eigenvalue weighted by atomic mass is 9.86. The summed E-state index contributed by atoms with van der Waals surface area (Å²) in [6.45, 7) is 7.60. The van der Waals surface area contributed by atoms with Gasteiger partial charge in [0.1, 0.15) is 11.6 Å². The SMILES string of the molecule is CC(C)(C)c1ccc(C2c3cccn3CCN2C(=O)Nc2ccc(F)cc2F)cc1. The number of benzene rings is 2. The third kappa shape index (κ3) is 3.82. The van der Waals surface area contributed by atoms with Crippen LogP contribution in [0.15, 0.2) is 60.8 Å². The highest BCUT2D eigenvalue weighted by Crippen LogP contribution is 2.34. The minimum atomic E-state index is -0.796. The number of halogens is 2. The average Bonchev–Trinajstić information content (AvgIpc) is 3.17. The first-order valence-corrected chi connectivity index (χ1v) is 10.0. The van der Waals surface area contributed by atoms with Crippen molar-refractivity contribution >= 4 is 11.7 Å². The van der Waals surface area contributed by atoms with Crippen molar-refractivity contribution in [3.8, 4) is 0 Å². The average molecular weight is 409 g/mol. The minimum Gasteiger partial charge on any atom is -0.348 e. The molecule has 2 aromatic carbocycles. The number of amides is 2. The monoisotopic (exact) mass is 409 g/mol. The first-order valence-electron chi connectivity index (χ1n) is 10.0. The minimum absolute atomic E-state index is 0.0302. The molecule has 1 aliphatic heterocycles. The van der Waals surface area contributed by atoms with Crippen molar-refractivity contribution in [2.45, 2.75) is 38.8 Å². The molecule has 4 rings (SSSR count). The first kappa shape index (κ1) is 20.1. The molecule has 0 saturated heterocycles. The van der Waals surface area contributed by atoms with Gasteiger partial charge in [0.15, 0.2) is 0 Å². The fraction of sp³-hybridized carbons (Fsp3) is 0.292. The number of nitrogens with zero attached hydrogens (tertiary/aromatic N) is 2. The number of carbonyl (C=O) groups excluding carboxylic acids is 1. The van der Waals surface area contributed by atoms with Crippen LogP contribution in [-0.4, -0.2) is 22.0 Å². The lowest BCUT2D eigenvalue weighted by Gasteiger charge is -2.37. The van der Waals surface area contributed by atoms with E-state index < -0.39 is 17.7 Å². The van der Waals surface area contributed by atoms with E-state index in [0.29, 0.717) is 13.1 Å². The van der Waals surface area contributed by atoms with Crippen molar-refractivity contribution in [2.24, 2.45) is 0 Å². The zero-order valence-electron chi connectivity index (χ0n) is 17.3. The third-order valence-electron chi connectivity index (χ3n) is 5.56. The molecule has 2 amide bonds. The van der Waals surface area contributed by atoms with Gasteiger partial charge in [-0.1, -0.05) is 45.0 Å². The largest absolute Gasteiger partial charge is 0.348 e. The van der Waals surface area contributed by atoms with Crippen molar-refractivity contribution < 1.29 is 13.6 Å². The number of aromatic nitrogens is 1. The second-order valence-electron chi connectivity index (χ2n) is 8.65. The maximum atomic E-state index is 14.1. The molecule has 0 saturated carbocycles. The zero-order chi connectivity index (χ0) is 21.5. The Morgan fingerprint density at radius 1 is 1.03 bits per heavy atom. The number of carbonyl (C=O) groups is 1. The van der Waals surface area contributed by atoms with E-state index in [1.165, 1.54) is 11.6 Å². The summed E-state index contributed by atoms with van der Waals surface area (Å²) in [5.74, 6) is -1.48. The van der Waals surface area contributed by atoms with E-state index in [9.17, 15) is 13.6 Å². The number of anilines is 1. The van der Waals surface area contributed by atoms with Gasteiger partial charge in [0, 0.05) is 31.0 Å². The maximum absolute atomic E-state index is 14.1. The van der Waals surface area contributed by atoms with Crippen molar-refractivity contribution in [1.29, 1.82) is 0 Å². The van der Waals surface area contributed by atoms with Gasteiger partial charge < -0.3 is 14.8 Å². The summed E-state index contributed by atoms with van der Waals surface area (Å²) in [7, 11) is 0. The molecular formula is C24H25F2N3O. The summed E-state index contributed by atoms with van der Waals surface area (Å²) in [4.78, 5) is 14.8. The van der Waals surface area contributed by atoms with E-state index in [0.717, 1.165) is 23.4 Å². The van der Waals surface area contributed by atoms with Crippen LogP contribution in [0.1, 0.15) is 43.6 Å². The Labute approximate surface area is 175 Å². The molecule has 156 valence electrons. The Balaban J connectivity index is 1.67. The number of hydrogen-bond acceptors (Lipinski definition) is 1. The molecule has 4 nitrogen and oxygen atoms in total. The van der Waals surface area contributed by atoms with Crippen LogP contribution in [-0.2, 0) is 12.0 Å². The number of rotatable bonds is 2. The van der Waals surface area contributed by atoms with E-state index in [4.69, 9.17) is 0 Å². The lowest BCUT2D eigenvalue weighted by molar-refractivity contribution is 0.181. The van der Waals surface area contributed by atoms with Gasteiger partial charge in [0.05, 0.1) is 11.7 Å². The second kappa shape index (κ2) is 7.59. The van der Waals surface area contributed by atoms with Crippen molar-refractivity contribution in [3.05, 3.63) is 89.2 Å². The highest BCUT2D eigenvalue weighted by molar-refractivity contribution is 5.90. The summed E-state index contributed by atoms with van der Waals surface area (Å²) in [6, 6.07) is 14.7. The van der Waals surface area contributed by atoms with Gasteiger partial charge in [0.25, 0.3) is 0 Å². The van der Waals surface area contributed by atoms with E-state index in [1.54, 1.807) is 4.90 Å². The fourth-order valence-corrected chi connectivity index (χ4v) is 3.90. The number of fused-ring (bicyclic) bond motifs is 1. The molecule has 1 unspecified atom stereocenters. The Morgan fingerprint density at radius 3 is 2.43 bits per heavy atom. The molecule has 30 heavy (non-hydrogen) atoms. The van der Waals surface area contributed by atoms with Gasteiger partial charge in [-0.2, -0.15) is 0 Å². The number of nitrogens with one attached hydrogen (secondary N) is 1. The van der Waals surface area contributed by atoms with Crippen LogP contribution in [0, 0.1) is 11.6 Å². The summed E-state index contributed by atoms with van der Waals surface area (Å²) in [6.07, 6.45) is 2.00. The molecule has 1 aromatic heterocycles. The predicted molar refractivity (Wildman–Crippen MR) is 113 cm³/mol. The van der Waals surface area contributed by atoms with Gasteiger partial charge in [-0.05, 0) is 40.8 Å². The van der Waals surface area contributed by atoms with Gasteiger partial charge >= 0.3 is 6.03 Å². The Hall–Kier alpha value is -3.15. The van der Waals surface area contributed by atoms with Gasteiger partial charge in [-0.3, -0.25) is 0 Å². The van der Waals surface area contributed by atoms with Crippen LogP contribution < -0.4 is 5.32 Å². The summed E-state index contributed by atoms with van der Waals surface area (Å²) >= 11 is 0. The predicted octanol–water partition coefficient (Wildman–Crippen LogP) is 5.70. The molecular weight excluding hydrogens is 384 g/mol. The van der Waals surface area contributed by atoms with E-state index >= 15 is 0 Å². The van der Waals surface area contributed by atoms with Crippen molar-refractivity contribution in [3.63, 3.8) is 0 Å². The van der Waals surface area contributed by atoms with Crippen molar-refractivity contribution in [2.75, 3.05) is 11.9 Å². The van der Waals surface area contributed by atoms with Crippen LogP contribution in [0.3, 0.4) is 0 Å². The van der Waals surface area contributed by atoms with Gasteiger partial charge in [-0.15, -0.1) is 0 Å². The third-order valence-corrected chi connectivity index (χ3v) is 5.56. The summed E-state index contributed by atoms with van der Waals surface area (Å²) in [5, 5.41) is 2.60. The Bertz CT molecular complexity index is 1070. The van der Waals surface area contributed by atoms with E-state index in [-0.39, 0.29) is 17.1 Å². The molecule has 0 fully saturated rings. The molecule has 0 bridgehead atoms. The standard InChI is InChI=1S/C24H25F2N3O/c1-24(2,3)17-8-6-16(7-9-17)22-21-5-4-12-28(21)13-14-29(22)23(30)27-20-11-10-18(25)15-19(20)26/h4-12,15,22H,13-14H2,1-3H3,(H,27,30). The van der Waals surface area contributed by atoms with Crippen LogP contribution in [0.5, 0.6) is 0 Å². The summed E-state index contributed by atoms with van der Waals surface area (Å²) in [5.41, 5.74) is 3.19.